The first-order valence-corrected chi connectivity index (χ1v) is 9.78. The molecule has 0 aliphatic rings. The van der Waals surface area contributed by atoms with E-state index in [-0.39, 0.29) is 16.7 Å². The van der Waals surface area contributed by atoms with Gasteiger partial charge < -0.3 is 19.6 Å². The monoisotopic (exact) mass is 442 g/mol. The average molecular weight is 443 g/mol. The molecular formula is C22H16Cl2N2O4. The Morgan fingerprint density at radius 3 is 2.73 bits per heavy atom. The van der Waals surface area contributed by atoms with E-state index in [2.05, 4.69) is 10.3 Å². The number of carbonyl (C=O) groups excluding carboxylic acids is 1. The third-order valence-electron chi connectivity index (χ3n) is 4.38. The first-order valence-electron chi connectivity index (χ1n) is 9.03. The lowest BCUT2D eigenvalue weighted by molar-refractivity contribution is -0.122. The largest absolute Gasteiger partial charge is 0.507 e. The number of aromatic nitrogens is 1. The summed E-state index contributed by atoms with van der Waals surface area (Å²) in [4.78, 5) is 16.9. The molecule has 8 heteroatoms. The van der Waals surface area contributed by atoms with Crippen molar-refractivity contribution in [2.24, 2.45) is 0 Å². The minimum atomic E-state index is -0.814. The molecule has 0 unspecified atom stereocenters. The number of anilines is 1. The Balaban J connectivity index is 1.51. The maximum Gasteiger partial charge on any atom is 0.265 e. The van der Waals surface area contributed by atoms with Gasteiger partial charge in [-0.05, 0) is 49.4 Å². The number of nitrogens with zero attached hydrogens (tertiary/aromatic N) is 1. The predicted molar refractivity (Wildman–Crippen MR) is 116 cm³/mol. The minimum Gasteiger partial charge on any atom is -0.507 e. The Bertz CT molecular complexity index is 1240. The normalized spacial score (nSPS) is 12.0. The van der Waals surface area contributed by atoms with Crippen molar-refractivity contribution in [1.29, 1.82) is 0 Å². The predicted octanol–water partition coefficient (Wildman–Crippen LogP) is 5.91. The molecule has 2 N–H and O–H groups in total. The summed E-state index contributed by atoms with van der Waals surface area (Å²) in [5.74, 6) is 0.322. The molecule has 0 bridgehead atoms. The van der Waals surface area contributed by atoms with Crippen LogP contribution >= 0.6 is 23.2 Å². The SMILES string of the molecule is C[C@H](Oc1cccc(Cl)c1Cl)C(=O)Nc1ccc2oc(-c3ccccc3O)nc2c1. The van der Waals surface area contributed by atoms with Crippen LogP contribution in [0.4, 0.5) is 5.69 Å². The van der Waals surface area contributed by atoms with Crippen LogP contribution in [-0.4, -0.2) is 22.1 Å². The number of ether oxygens (including phenoxy) is 1. The van der Waals surface area contributed by atoms with Crippen molar-refractivity contribution in [3.63, 3.8) is 0 Å². The molecule has 1 heterocycles. The quantitative estimate of drug-likeness (QED) is 0.401. The molecule has 4 aromatic rings. The second-order valence-corrected chi connectivity index (χ2v) is 7.31. The summed E-state index contributed by atoms with van der Waals surface area (Å²) in [6, 6.07) is 16.8. The third-order valence-corrected chi connectivity index (χ3v) is 5.18. The lowest BCUT2D eigenvalue weighted by Crippen LogP contribution is -2.30. The van der Waals surface area contributed by atoms with Gasteiger partial charge >= 0.3 is 0 Å². The number of amides is 1. The Morgan fingerprint density at radius 1 is 1.13 bits per heavy atom. The number of hydrogen-bond acceptors (Lipinski definition) is 5. The number of oxazole rings is 1. The third kappa shape index (κ3) is 4.06. The summed E-state index contributed by atoms with van der Waals surface area (Å²) in [5, 5.41) is 13.4. The standard InChI is InChI=1S/C22H16Cl2N2O4/c1-12(29-19-8-4-6-15(23)20(19)24)21(28)25-13-9-10-18-16(11-13)26-22(30-18)14-5-2-3-7-17(14)27/h2-12,27H,1H3,(H,25,28)/t12-/m0/s1. The molecule has 0 aliphatic carbocycles. The number of aromatic hydroxyl groups is 1. The molecule has 4 rings (SSSR count). The van der Waals surface area contributed by atoms with Crippen molar-refractivity contribution in [3.8, 4) is 23.0 Å². The molecule has 0 spiro atoms. The van der Waals surface area contributed by atoms with E-state index in [9.17, 15) is 9.90 Å². The fourth-order valence-electron chi connectivity index (χ4n) is 2.84. The molecule has 1 aromatic heterocycles. The van der Waals surface area contributed by atoms with Gasteiger partial charge in [-0.2, -0.15) is 0 Å². The molecule has 0 saturated heterocycles. The Labute approximate surface area is 182 Å². The van der Waals surface area contributed by atoms with Crippen LogP contribution in [0.15, 0.2) is 65.1 Å². The van der Waals surface area contributed by atoms with Gasteiger partial charge in [0.25, 0.3) is 5.91 Å². The number of rotatable bonds is 5. The zero-order valence-electron chi connectivity index (χ0n) is 15.7. The van der Waals surface area contributed by atoms with Gasteiger partial charge in [-0.1, -0.05) is 41.4 Å². The van der Waals surface area contributed by atoms with Gasteiger partial charge in [0.15, 0.2) is 11.7 Å². The van der Waals surface area contributed by atoms with E-state index in [4.69, 9.17) is 32.4 Å². The van der Waals surface area contributed by atoms with E-state index in [1.807, 2.05) is 0 Å². The number of para-hydroxylation sites is 1. The van der Waals surface area contributed by atoms with Crippen LogP contribution in [0.3, 0.4) is 0 Å². The van der Waals surface area contributed by atoms with Crippen LogP contribution in [0.25, 0.3) is 22.6 Å². The van der Waals surface area contributed by atoms with E-state index in [0.29, 0.717) is 39.0 Å². The maximum absolute atomic E-state index is 12.5. The van der Waals surface area contributed by atoms with Crippen molar-refractivity contribution in [1.82, 2.24) is 4.98 Å². The number of phenols is 1. The molecule has 152 valence electrons. The number of phenolic OH excluding ortho intramolecular Hbond substituents is 1. The van der Waals surface area contributed by atoms with Crippen LogP contribution in [0.5, 0.6) is 11.5 Å². The highest BCUT2D eigenvalue weighted by Gasteiger charge is 2.18. The van der Waals surface area contributed by atoms with Gasteiger partial charge in [-0.3, -0.25) is 4.79 Å². The van der Waals surface area contributed by atoms with Crippen molar-refractivity contribution < 1.29 is 19.1 Å². The Hall–Kier alpha value is -3.22. The summed E-state index contributed by atoms with van der Waals surface area (Å²) in [6.45, 7) is 1.61. The van der Waals surface area contributed by atoms with Crippen LogP contribution in [0, 0.1) is 0 Å². The second-order valence-electron chi connectivity index (χ2n) is 6.52. The number of carbonyl (C=O) groups is 1. The van der Waals surface area contributed by atoms with E-state index < -0.39 is 6.10 Å². The van der Waals surface area contributed by atoms with E-state index in [1.165, 1.54) is 0 Å². The maximum atomic E-state index is 12.5. The molecule has 1 amide bonds. The van der Waals surface area contributed by atoms with E-state index in [0.717, 1.165) is 0 Å². The van der Waals surface area contributed by atoms with Crippen LogP contribution in [-0.2, 0) is 4.79 Å². The van der Waals surface area contributed by atoms with Gasteiger partial charge in [0.2, 0.25) is 5.89 Å². The zero-order chi connectivity index (χ0) is 21.3. The Kier molecular flexibility index (Phi) is 5.53. The summed E-state index contributed by atoms with van der Waals surface area (Å²) < 4.78 is 11.3. The first kappa shape index (κ1) is 20.1. The van der Waals surface area contributed by atoms with Gasteiger partial charge in [-0.15, -0.1) is 0 Å². The smallest absolute Gasteiger partial charge is 0.265 e. The Morgan fingerprint density at radius 2 is 1.93 bits per heavy atom. The zero-order valence-corrected chi connectivity index (χ0v) is 17.2. The molecule has 0 aliphatic heterocycles. The van der Waals surface area contributed by atoms with Crippen molar-refractivity contribution in [2.75, 3.05) is 5.32 Å². The molecule has 0 fully saturated rings. The summed E-state index contributed by atoms with van der Waals surface area (Å²) in [5.41, 5.74) is 2.08. The van der Waals surface area contributed by atoms with E-state index in [1.54, 1.807) is 67.6 Å². The summed E-state index contributed by atoms with van der Waals surface area (Å²) >= 11 is 12.1. The highest BCUT2D eigenvalue weighted by Crippen LogP contribution is 2.33. The number of benzene rings is 3. The first-order chi connectivity index (χ1) is 14.4. The molecule has 1 atom stereocenters. The summed E-state index contributed by atoms with van der Waals surface area (Å²) in [7, 11) is 0. The number of fused-ring (bicyclic) bond motifs is 1. The summed E-state index contributed by atoms with van der Waals surface area (Å²) in [6.07, 6.45) is -0.814. The number of nitrogens with one attached hydrogen (secondary N) is 1. The lowest BCUT2D eigenvalue weighted by Gasteiger charge is -2.16. The highest BCUT2D eigenvalue weighted by molar-refractivity contribution is 6.42. The molecule has 30 heavy (non-hydrogen) atoms. The highest BCUT2D eigenvalue weighted by atomic mass is 35.5. The number of halogens is 2. The van der Waals surface area contributed by atoms with Crippen LogP contribution in [0.1, 0.15) is 6.92 Å². The van der Waals surface area contributed by atoms with Gasteiger partial charge in [-0.25, -0.2) is 4.98 Å². The minimum absolute atomic E-state index is 0.0724. The average Bonchev–Trinajstić information content (AvgIpc) is 3.14. The second kappa shape index (κ2) is 8.26. The van der Waals surface area contributed by atoms with Crippen molar-refractivity contribution in [3.05, 3.63) is 70.7 Å². The van der Waals surface area contributed by atoms with Gasteiger partial charge in [0, 0.05) is 5.69 Å². The van der Waals surface area contributed by atoms with Crippen LogP contribution < -0.4 is 10.1 Å². The van der Waals surface area contributed by atoms with Crippen molar-refractivity contribution >= 4 is 45.9 Å². The lowest BCUT2D eigenvalue weighted by atomic mass is 10.2. The fraction of sp³-hybridized carbons (Fsp3) is 0.0909. The van der Waals surface area contributed by atoms with Gasteiger partial charge in [0.05, 0.1) is 10.6 Å². The molecular weight excluding hydrogens is 427 g/mol. The molecule has 3 aromatic carbocycles. The topological polar surface area (TPSA) is 84.6 Å². The fourth-order valence-corrected chi connectivity index (χ4v) is 3.17. The molecule has 0 radical (unpaired) electrons. The number of hydrogen-bond donors (Lipinski definition) is 2. The van der Waals surface area contributed by atoms with Gasteiger partial charge in [0.1, 0.15) is 22.0 Å². The van der Waals surface area contributed by atoms with Crippen LogP contribution in [0.2, 0.25) is 10.0 Å². The van der Waals surface area contributed by atoms with E-state index >= 15 is 0 Å². The molecule has 6 nitrogen and oxygen atoms in total. The van der Waals surface area contributed by atoms with Crippen molar-refractivity contribution in [2.45, 2.75) is 13.0 Å². The molecule has 0 saturated carbocycles.